The highest BCUT2D eigenvalue weighted by Crippen LogP contribution is 2.61. The number of aromatic nitrogens is 1. The Balaban J connectivity index is 1.38. The van der Waals surface area contributed by atoms with E-state index in [0.717, 1.165) is 28.9 Å². The number of carboxylic acid groups (broad SMARTS) is 1. The fourth-order valence-electron chi connectivity index (χ4n) is 4.87. The lowest BCUT2D eigenvalue weighted by molar-refractivity contribution is -0.137. The number of oxazole rings is 1. The molecule has 3 aromatic rings. The summed E-state index contributed by atoms with van der Waals surface area (Å²) in [4.78, 5) is 28.5. The molecule has 2 N–H and O–H groups in total. The van der Waals surface area contributed by atoms with Crippen LogP contribution in [0.1, 0.15) is 42.4 Å². The average molecular weight is 457 g/mol. The Labute approximate surface area is 196 Å². The minimum absolute atomic E-state index is 0.0444. The third-order valence-corrected chi connectivity index (χ3v) is 6.73. The molecule has 0 radical (unpaired) electrons. The molecule has 1 amide bonds. The first kappa shape index (κ1) is 21.7. The Morgan fingerprint density at radius 3 is 2.91 bits per heavy atom. The second-order valence-electron chi connectivity index (χ2n) is 8.78. The molecule has 2 aliphatic rings. The molecule has 1 fully saturated rings. The molecule has 2 heterocycles. The van der Waals surface area contributed by atoms with Gasteiger partial charge >= 0.3 is 5.97 Å². The largest absolute Gasteiger partial charge is 0.493 e. The molecule has 8 heteroatoms. The Morgan fingerprint density at radius 2 is 2.15 bits per heavy atom. The SMILES string of the molecule is N#Cc1ccc(CCCC(=O)O)c(NC(=O)[C@@H]2C[C@]23CCOc2ccc(-c4ncco4)cc23)c1. The number of aliphatic carboxylic acids is 1. The van der Waals surface area contributed by atoms with E-state index in [0.29, 0.717) is 43.0 Å². The van der Waals surface area contributed by atoms with Gasteiger partial charge in [-0.15, -0.1) is 0 Å². The lowest BCUT2D eigenvalue weighted by atomic mass is 9.86. The first-order valence-electron chi connectivity index (χ1n) is 11.2. The van der Waals surface area contributed by atoms with Gasteiger partial charge in [-0.2, -0.15) is 5.26 Å². The maximum atomic E-state index is 13.3. The zero-order chi connectivity index (χ0) is 23.7. The summed E-state index contributed by atoms with van der Waals surface area (Å²) in [6.07, 6.45) is 5.55. The summed E-state index contributed by atoms with van der Waals surface area (Å²) >= 11 is 0. The zero-order valence-corrected chi connectivity index (χ0v) is 18.4. The highest BCUT2D eigenvalue weighted by atomic mass is 16.5. The molecule has 5 rings (SSSR count). The summed E-state index contributed by atoms with van der Waals surface area (Å²) in [6.45, 7) is 0.541. The van der Waals surface area contributed by atoms with Crippen LogP contribution in [0.15, 0.2) is 53.3 Å². The number of hydrogen-bond acceptors (Lipinski definition) is 6. The van der Waals surface area contributed by atoms with Gasteiger partial charge in [0.1, 0.15) is 12.0 Å². The molecular weight excluding hydrogens is 434 g/mol. The summed E-state index contributed by atoms with van der Waals surface area (Å²) < 4.78 is 11.3. The number of aryl methyl sites for hydroxylation is 1. The van der Waals surface area contributed by atoms with Crippen molar-refractivity contribution in [1.29, 1.82) is 5.26 Å². The zero-order valence-electron chi connectivity index (χ0n) is 18.4. The number of benzene rings is 2. The molecule has 0 bridgehead atoms. The maximum Gasteiger partial charge on any atom is 0.303 e. The van der Waals surface area contributed by atoms with Crippen LogP contribution < -0.4 is 10.1 Å². The number of anilines is 1. The van der Waals surface area contributed by atoms with Crippen LogP contribution in [0.3, 0.4) is 0 Å². The number of nitrogens with zero attached hydrogens (tertiary/aromatic N) is 2. The van der Waals surface area contributed by atoms with E-state index < -0.39 is 5.97 Å². The van der Waals surface area contributed by atoms with E-state index in [2.05, 4.69) is 16.4 Å². The number of nitriles is 1. The number of carbonyl (C=O) groups excluding carboxylic acids is 1. The number of carboxylic acids is 1. The van der Waals surface area contributed by atoms with Crippen molar-refractivity contribution in [1.82, 2.24) is 4.98 Å². The van der Waals surface area contributed by atoms with E-state index in [4.69, 9.17) is 14.3 Å². The van der Waals surface area contributed by atoms with Crippen molar-refractivity contribution in [3.8, 4) is 23.3 Å². The predicted molar refractivity (Wildman–Crippen MR) is 122 cm³/mol. The van der Waals surface area contributed by atoms with E-state index in [9.17, 15) is 14.9 Å². The van der Waals surface area contributed by atoms with E-state index in [1.807, 2.05) is 18.2 Å². The topological polar surface area (TPSA) is 125 Å². The minimum Gasteiger partial charge on any atom is -0.493 e. The van der Waals surface area contributed by atoms with Crippen molar-refractivity contribution in [3.63, 3.8) is 0 Å². The standard InChI is InChI=1S/C26H23N3O5/c27-15-16-4-5-17(2-1-3-23(30)31)21(12-16)29-24(32)20-14-26(20)8-10-33-22-7-6-18(13-19(22)26)25-28-9-11-34-25/h4-7,9,11-13,20H,1-3,8,10,14H2,(H,29,32)(H,30,31)/t20-,26-/m0/s1. The van der Waals surface area contributed by atoms with Crippen molar-refractivity contribution in [3.05, 3.63) is 65.5 Å². The van der Waals surface area contributed by atoms with Gasteiger partial charge in [-0.05, 0) is 61.6 Å². The summed E-state index contributed by atoms with van der Waals surface area (Å²) in [5.41, 5.74) is 3.34. The van der Waals surface area contributed by atoms with E-state index in [1.165, 1.54) is 6.26 Å². The van der Waals surface area contributed by atoms with Crippen molar-refractivity contribution in [2.45, 2.75) is 37.5 Å². The van der Waals surface area contributed by atoms with Crippen LogP contribution in [0.4, 0.5) is 5.69 Å². The average Bonchev–Trinajstić information content (AvgIpc) is 3.28. The van der Waals surface area contributed by atoms with E-state index in [-0.39, 0.29) is 23.7 Å². The minimum atomic E-state index is -0.860. The molecule has 1 aromatic heterocycles. The van der Waals surface area contributed by atoms with Gasteiger partial charge in [-0.25, -0.2) is 4.98 Å². The number of amides is 1. The number of carbonyl (C=O) groups is 2. The quantitative estimate of drug-likeness (QED) is 0.542. The molecular formula is C26H23N3O5. The number of nitrogens with one attached hydrogen (secondary N) is 1. The third-order valence-electron chi connectivity index (χ3n) is 6.73. The van der Waals surface area contributed by atoms with Gasteiger partial charge in [0.15, 0.2) is 0 Å². The molecule has 2 atom stereocenters. The number of fused-ring (bicyclic) bond motifs is 2. The lowest BCUT2D eigenvalue weighted by Crippen LogP contribution is -2.27. The van der Waals surface area contributed by atoms with Gasteiger partial charge < -0.3 is 19.6 Å². The van der Waals surface area contributed by atoms with Crippen LogP contribution in [0.25, 0.3) is 11.5 Å². The Bertz CT molecular complexity index is 1290. The number of hydrogen-bond donors (Lipinski definition) is 2. The second-order valence-corrected chi connectivity index (χ2v) is 8.78. The van der Waals surface area contributed by atoms with Crippen LogP contribution in [0.2, 0.25) is 0 Å². The lowest BCUT2D eigenvalue weighted by Gasteiger charge is -2.27. The van der Waals surface area contributed by atoms with Crippen molar-refractivity contribution < 1.29 is 23.8 Å². The normalized spacial score (nSPS) is 20.1. The fraction of sp³-hybridized carbons (Fsp3) is 0.308. The first-order chi connectivity index (χ1) is 16.5. The molecule has 1 spiro atoms. The van der Waals surface area contributed by atoms with Gasteiger partial charge in [-0.1, -0.05) is 6.07 Å². The van der Waals surface area contributed by atoms with Crippen LogP contribution >= 0.6 is 0 Å². The molecule has 0 saturated heterocycles. The van der Waals surface area contributed by atoms with Gasteiger partial charge in [0.25, 0.3) is 0 Å². The van der Waals surface area contributed by atoms with Crippen molar-refractivity contribution >= 4 is 17.6 Å². The third kappa shape index (κ3) is 4.01. The molecule has 0 unspecified atom stereocenters. The summed E-state index contributed by atoms with van der Waals surface area (Å²) in [7, 11) is 0. The summed E-state index contributed by atoms with van der Waals surface area (Å²) in [5.74, 6) is 0.0974. The summed E-state index contributed by atoms with van der Waals surface area (Å²) in [5, 5.41) is 21.3. The highest BCUT2D eigenvalue weighted by molar-refractivity contribution is 5.97. The Morgan fingerprint density at radius 1 is 1.26 bits per heavy atom. The molecule has 8 nitrogen and oxygen atoms in total. The monoisotopic (exact) mass is 457 g/mol. The smallest absolute Gasteiger partial charge is 0.303 e. The van der Waals surface area contributed by atoms with Gasteiger partial charge in [0.05, 0.1) is 24.4 Å². The van der Waals surface area contributed by atoms with Crippen LogP contribution in [-0.4, -0.2) is 28.6 Å². The van der Waals surface area contributed by atoms with Gasteiger partial charge in [0, 0.05) is 34.6 Å². The molecule has 34 heavy (non-hydrogen) atoms. The Kier molecular flexibility index (Phi) is 5.54. The number of ether oxygens (including phenoxy) is 1. The van der Waals surface area contributed by atoms with Crippen molar-refractivity contribution in [2.75, 3.05) is 11.9 Å². The molecule has 172 valence electrons. The van der Waals surface area contributed by atoms with Crippen LogP contribution in [0.5, 0.6) is 5.75 Å². The number of rotatable bonds is 7. The fourth-order valence-corrected chi connectivity index (χ4v) is 4.87. The molecule has 1 aliphatic carbocycles. The first-order valence-corrected chi connectivity index (χ1v) is 11.2. The molecule has 1 aliphatic heterocycles. The highest BCUT2D eigenvalue weighted by Gasteiger charge is 2.61. The van der Waals surface area contributed by atoms with E-state index >= 15 is 0 Å². The predicted octanol–water partition coefficient (Wildman–Crippen LogP) is 4.30. The van der Waals surface area contributed by atoms with Gasteiger partial charge in [0.2, 0.25) is 11.8 Å². The summed E-state index contributed by atoms with van der Waals surface area (Å²) in [6, 6.07) is 13.0. The Hall–Kier alpha value is -4.12. The maximum absolute atomic E-state index is 13.3. The second kappa shape index (κ2) is 8.67. The van der Waals surface area contributed by atoms with E-state index in [1.54, 1.807) is 24.4 Å². The van der Waals surface area contributed by atoms with Crippen molar-refractivity contribution in [2.24, 2.45) is 5.92 Å². The van der Waals surface area contributed by atoms with Crippen LogP contribution in [0, 0.1) is 17.2 Å². The molecule has 1 saturated carbocycles. The van der Waals surface area contributed by atoms with Gasteiger partial charge in [-0.3, -0.25) is 9.59 Å². The molecule has 2 aromatic carbocycles. The van der Waals surface area contributed by atoms with Crippen LogP contribution in [-0.2, 0) is 21.4 Å².